The molecule has 3 fully saturated rings. The molecule has 214 valence electrons. The van der Waals surface area contributed by atoms with E-state index >= 15 is 0 Å². The van der Waals surface area contributed by atoms with Crippen molar-refractivity contribution in [2.45, 2.75) is 111 Å². The number of fused-ring (bicyclic) bond motifs is 5. The first-order chi connectivity index (χ1) is 17.8. The highest BCUT2D eigenvalue weighted by Gasteiger charge is 2.59. The minimum Gasteiger partial charge on any atom is -0.378 e. The van der Waals surface area contributed by atoms with Gasteiger partial charge in [-0.3, -0.25) is 0 Å². The van der Waals surface area contributed by atoms with Crippen molar-refractivity contribution < 1.29 is 14.2 Å². The predicted molar refractivity (Wildman–Crippen MR) is 153 cm³/mol. The molecule has 4 aliphatic carbocycles. The summed E-state index contributed by atoms with van der Waals surface area (Å²) >= 11 is 0. The molecule has 0 unspecified atom stereocenters. The van der Waals surface area contributed by atoms with Gasteiger partial charge in [-0.05, 0) is 97.7 Å². The maximum absolute atomic E-state index is 6.29. The molecule has 0 spiro atoms. The van der Waals surface area contributed by atoms with Crippen LogP contribution in [0.2, 0.25) is 0 Å². The van der Waals surface area contributed by atoms with Gasteiger partial charge in [-0.1, -0.05) is 65.5 Å². The molecule has 0 bridgehead atoms. The fourth-order valence-electron chi connectivity index (χ4n) is 9.47. The summed E-state index contributed by atoms with van der Waals surface area (Å²) in [6.45, 7) is 16.4. The van der Waals surface area contributed by atoms with Gasteiger partial charge in [-0.15, -0.1) is 0 Å². The molecule has 0 heterocycles. The van der Waals surface area contributed by atoms with Crippen molar-refractivity contribution in [3.63, 3.8) is 0 Å². The van der Waals surface area contributed by atoms with Crippen LogP contribution in [-0.2, 0) is 14.2 Å². The summed E-state index contributed by atoms with van der Waals surface area (Å²) in [5.74, 6) is 5.43. The highest BCUT2D eigenvalue weighted by atomic mass is 16.5. The van der Waals surface area contributed by atoms with Gasteiger partial charge in [0.2, 0.25) is 0 Å². The molecule has 37 heavy (non-hydrogen) atoms. The largest absolute Gasteiger partial charge is 0.378 e. The molecule has 0 amide bonds. The Hall–Kier alpha value is -0.420. The van der Waals surface area contributed by atoms with E-state index in [9.17, 15) is 0 Å². The third-order valence-corrected chi connectivity index (χ3v) is 11.5. The first-order valence-electron chi connectivity index (χ1n) is 16.0. The lowest BCUT2D eigenvalue weighted by Gasteiger charge is -2.58. The Labute approximate surface area is 228 Å². The first-order valence-corrected chi connectivity index (χ1v) is 16.0. The number of hydrogen-bond donors (Lipinski definition) is 1. The number of ether oxygens (including phenoxy) is 3. The summed E-state index contributed by atoms with van der Waals surface area (Å²) in [6, 6.07) is 0. The molecule has 0 saturated heterocycles. The minimum absolute atomic E-state index is 0.365. The van der Waals surface area contributed by atoms with Gasteiger partial charge in [0.05, 0.1) is 39.1 Å². The van der Waals surface area contributed by atoms with E-state index in [1.54, 1.807) is 5.57 Å². The smallest absolute Gasteiger partial charge is 0.0704 e. The van der Waals surface area contributed by atoms with Gasteiger partial charge in [-0.25, -0.2) is 0 Å². The van der Waals surface area contributed by atoms with Crippen molar-refractivity contribution in [3.8, 4) is 0 Å². The summed E-state index contributed by atoms with van der Waals surface area (Å²) < 4.78 is 17.3. The molecule has 4 rings (SSSR count). The van der Waals surface area contributed by atoms with Crippen LogP contribution in [0.4, 0.5) is 0 Å². The van der Waals surface area contributed by atoms with Crippen molar-refractivity contribution >= 4 is 0 Å². The lowest BCUT2D eigenvalue weighted by Crippen LogP contribution is -2.51. The van der Waals surface area contributed by atoms with E-state index < -0.39 is 0 Å². The summed E-state index contributed by atoms with van der Waals surface area (Å²) in [5.41, 5.74) is 8.15. The van der Waals surface area contributed by atoms with Crippen LogP contribution < -0.4 is 5.73 Å². The lowest BCUT2D eigenvalue weighted by atomic mass is 9.47. The van der Waals surface area contributed by atoms with Crippen LogP contribution in [0.1, 0.15) is 105 Å². The Morgan fingerprint density at radius 2 is 1.65 bits per heavy atom. The zero-order valence-electron chi connectivity index (χ0n) is 24.9. The van der Waals surface area contributed by atoms with Crippen LogP contribution in [-0.4, -0.2) is 45.7 Å². The highest BCUT2D eigenvalue weighted by molar-refractivity contribution is 5.25. The van der Waals surface area contributed by atoms with E-state index in [2.05, 4.69) is 40.7 Å². The quantitative estimate of drug-likeness (QED) is 0.193. The molecule has 0 aromatic heterocycles. The van der Waals surface area contributed by atoms with Crippen LogP contribution in [0.15, 0.2) is 11.6 Å². The average Bonchev–Trinajstić information content (AvgIpc) is 3.22. The lowest BCUT2D eigenvalue weighted by molar-refractivity contribution is -0.0688. The third kappa shape index (κ3) is 6.67. The Balaban J connectivity index is 1.29. The Morgan fingerprint density at radius 3 is 2.41 bits per heavy atom. The van der Waals surface area contributed by atoms with E-state index in [1.165, 1.54) is 64.2 Å². The van der Waals surface area contributed by atoms with Crippen molar-refractivity contribution in [1.82, 2.24) is 0 Å². The second-order valence-electron chi connectivity index (χ2n) is 14.0. The molecule has 0 aromatic rings. The first kappa shape index (κ1) is 29.6. The van der Waals surface area contributed by atoms with E-state index in [0.29, 0.717) is 56.5 Å². The van der Waals surface area contributed by atoms with Gasteiger partial charge in [-0.2, -0.15) is 0 Å². The molecule has 0 radical (unpaired) electrons. The van der Waals surface area contributed by atoms with E-state index in [4.69, 9.17) is 19.9 Å². The van der Waals surface area contributed by atoms with E-state index in [-0.39, 0.29) is 0 Å². The van der Waals surface area contributed by atoms with Gasteiger partial charge < -0.3 is 19.9 Å². The fraction of sp³-hybridized carbons (Fsp3) is 0.939. The molecule has 2 N–H and O–H groups in total. The highest BCUT2D eigenvalue weighted by Crippen LogP contribution is 2.67. The number of hydrogen-bond acceptors (Lipinski definition) is 4. The van der Waals surface area contributed by atoms with Crippen LogP contribution in [0, 0.1) is 46.3 Å². The molecule has 0 aliphatic heterocycles. The Bertz CT molecular complexity index is 737. The number of allylic oxidation sites excluding steroid dienone is 1. The van der Waals surface area contributed by atoms with Gasteiger partial charge in [0.25, 0.3) is 0 Å². The molecule has 4 nitrogen and oxygen atoms in total. The normalized spacial score (nSPS) is 38.1. The van der Waals surface area contributed by atoms with E-state index in [0.717, 1.165) is 41.9 Å². The summed E-state index contributed by atoms with van der Waals surface area (Å²) in [7, 11) is 0. The zero-order valence-corrected chi connectivity index (χ0v) is 24.9. The average molecular weight is 518 g/mol. The molecule has 4 aliphatic rings. The summed E-state index contributed by atoms with van der Waals surface area (Å²) in [4.78, 5) is 0. The third-order valence-electron chi connectivity index (χ3n) is 11.5. The van der Waals surface area contributed by atoms with Gasteiger partial charge in [0, 0.05) is 6.54 Å². The molecule has 4 heteroatoms. The zero-order chi connectivity index (χ0) is 26.5. The maximum atomic E-state index is 6.29. The number of rotatable bonds is 14. The van der Waals surface area contributed by atoms with Crippen LogP contribution in [0.3, 0.4) is 0 Å². The molecule has 3 saturated carbocycles. The Kier molecular flexibility index (Phi) is 10.6. The SMILES string of the molecule is CC(C)CCC[C@@H](C)[C@H]1CC[C@H]2[C@@H]3CC=C4C[C@@H](OCCOCCOCCN)CC[C@]4(C)[C@H]3CC[C@]12C. The molecule has 8 atom stereocenters. The van der Waals surface area contributed by atoms with Crippen molar-refractivity contribution in [2.24, 2.45) is 52.1 Å². The topological polar surface area (TPSA) is 53.7 Å². The van der Waals surface area contributed by atoms with Gasteiger partial charge >= 0.3 is 0 Å². The van der Waals surface area contributed by atoms with Crippen LogP contribution >= 0.6 is 0 Å². The van der Waals surface area contributed by atoms with E-state index in [1.807, 2.05) is 0 Å². The number of nitrogens with two attached hydrogens (primary N) is 1. The second kappa shape index (κ2) is 13.3. The van der Waals surface area contributed by atoms with Gasteiger partial charge in [0.1, 0.15) is 0 Å². The monoisotopic (exact) mass is 517 g/mol. The van der Waals surface area contributed by atoms with Crippen molar-refractivity contribution in [3.05, 3.63) is 11.6 Å². The van der Waals surface area contributed by atoms with Gasteiger partial charge in [0.15, 0.2) is 0 Å². The predicted octanol–water partition coefficient (Wildman–Crippen LogP) is 7.40. The van der Waals surface area contributed by atoms with Crippen LogP contribution in [0.25, 0.3) is 0 Å². The van der Waals surface area contributed by atoms with Crippen LogP contribution in [0.5, 0.6) is 0 Å². The van der Waals surface area contributed by atoms with Crippen molar-refractivity contribution in [1.29, 1.82) is 0 Å². The van der Waals surface area contributed by atoms with Crippen molar-refractivity contribution in [2.75, 3.05) is 39.6 Å². The second-order valence-corrected chi connectivity index (χ2v) is 14.0. The fourth-order valence-corrected chi connectivity index (χ4v) is 9.47. The molecular formula is C33H59NO3. The minimum atomic E-state index is 0.365. The summed E-state index contributed by atoms with van der Waals surface area (Å²) in [6.07, 6.45) is 18.2. The molecular weight excluding hydrogens is 458 g/mol. The summed E-state index contributed by atoms with van der Waals surface area (Å²) in [5, 5.41) is 0. The molecule has 0 aromatic carbocycles. The standard InChI is InChI=1S/C33H59NO3/c1-24(2)7-6-8-25(3)29-11-12-30-28-10-9-26-23-27(37-22-21-36-20-19-35-18-17-34)13-15-32(26,4)31(28)14-16-33(29,30)5/h9,24-25,27-31H,6-8,10-23,34H2,1-5H3/t25-,27+,28+,29-,30+,31+,32+,33-/m1/s1. The maximum Gasteiger partial charge on any atom is 0.0704 e. The Morgan fingerprint density at radius 1 is 0.892 bits per heavy atom.